The average molecular weight is 425 g/mol. The number of hydrogen-bond donors (Lipinski definition) is 0. The van der Waals surface area contributed by atoms with Gasteiger partial charge < -0.3 is 0 Å². The number of hydrogen-bond acceptors (Lipinski definition) is 5. The zero-order chi connectivity index (χ0) is 21.4. The number of fused-ring (bicyclic) bond motifs is 2. The summed E-state index contributed by atoms with van der Waals surface area (Å²) in [5, 5.41) is 0.691. The Morgan fingerprint density at radius 2 is 1.71 bits per heavy atom. The van der Waals surface area contributed by atoms with Crippen LogP contribution in [0, 0.1) is 13.8 Å². The molecule has 0 fully saturated rings. The maximum absolute atomic E-state index is 13.7. The Morgan fingerprint density at radius 1 is 0.935 bits per heavy atom. The van der Waals surface area contributed by atoms with Gasteiger partial charge in [0, 0.05) is 18.0 Å². The molecule has 0 spiro atoms. The molecule has 0 aliphatic carbocycles. The van der Waals surface area contributed by atoms with E-state index in [2.05, 4.69) is 35.9 Å². The van der Waals surface area contributed by atoms with E-state index in [9.17, 15) is 4.79 Å². The maximum atomic E-state index is 13.7. The van der Waals surface area contributed by atoms with E-state index in [0.29, 0.717) is 22.8 Å². The van der Waals surface area contributed by atoms with Crippen molar-refractivity contribution in [1.29, 1.82) is 0 Å². The summed E-state index contributed by atoms with van der Waals surface area (Å²) in [7, 11) is 0. The molecule has 0 atom stereocenters. The first-order valence-corrected chi connectivity index (χ1v) is 10.8. The number of anilines is 1. The van der Waals surface area contributed by atoms with Crippen molar-refractivity contribution in [3.8, 4) is 0 Å². The summed E-state index contributed by atoms with van der Waals surface area (Å²) in [4.78, 5) is 28.9. The molecule has 6 heteroatoms. The number of aromatic nitrogens is 3. The van der Waals surface area contributed by atoms with Crippen molar-refractivity contribution in [2.45, 2.75) is 20.4 Å². The van der Waals surface area contributed by atoms with Crippen LogP contribution < -0.4 is 4.90 Å². The summed E-state index contributed by atoms with van der Waals surface area (Å²) in [5.74, 6) is -0.107. The number of nitrogens with zero attached hydrogens (tertiary/aromatic N) is 4. The van der Waals surface area contributed by atoms with Crippen LogP contribution in [0.4, 0.5) is 5.13 Å². The van der Waals surface area contributed by atoms with Crippen molar-refractivity contribution in [1.82, 2.24) is 15.0 Å². The van der Waals surface area contributed by atoms with E-state index in [1.54, 1.807) is 40.8 Å². The number of benzene rings is 3. The minimum absolute atomic E-state index is 0.107. The van der Waals surface area contributed by atoms with Gasteiger partial charge in [-0.05, 0) is 54.8 Å². The van der Waals surface area contributed by atoms with Gasteiger partial charge >= 0.3 is 0 Å². The minimum Gasteiger partial charge on any atom is -0.279 e. The molecule has 5 nitrogen and oxygen atoms in total. The van der Waals surface area contributed by atoms with Crippen molar-refractivity contribution in [2.24, 2.45) is 0 Å². The highest BCUT2D eigenvalue weighted by Crippen LogP contribution is 2.33. The summed E-state index contributed by atoms with van der Waals surface area (Å²) in [5.41, 5.74) is 6.32. The molecule has 5 aromatic rings. The highest BCUT2D eigenvalue weighted by molar-refractivity contribution is 7.22. The Kier molecular flexibility index (Phi) is 4.92. The third-order valence-corrected chi connectivity index (χ3v) is 6.22. The van der Waals surface area contributed by atoms with E-state index in [-0.39, 0.29) is 5.91 Å². The number of rotatable bonds is 4. The van der Waals surface area contributed by atoms with Gasteiger partial charge in [0.05, 0.1) is 27.8 Å². The van der Waals surface area contributed by atoms with Gasteiger partial charge in [0.2, 0.25) is 0 Å². The SMILES string of the molecule is Cc1cc(C)c2nc(N(Cc3ccccc3)C(=O)c3ccc4nccnc4c3)sc2c1. The second kappa shape index (κ2) is 7.89. The monoisotopic (exact) mass is 424 g/mol. The van der Waals surface area contributed by atoms with Gasteiger partial charge in [-0.2, -0.15) is 0 Å². The molecule has 0 saturated carbocycles. The van der Waals surface area contributed by atoms with Crippen LogP contribution in [0.15, 0.2) is 73.1 Å². The zero-order valence-electron chi connectivity index (χ0n) is 17.2. The standard InChI is InChI=1S/C25H20N4OS/c1-16-12-17(2)23-22(13-16)31-25(28-23)29(15-18-6-4-3-5-7-18)24(30)19-8-9-20-21(14-19)27-11-10-26-20/h3-14H,15H2,1-2H3. The number of aryl methyl sites for hydroxylation is 2. The Morgan fingerprint density at radius 3 is 2.52 bits per heavy atom. The van der Waals surface area contributed by atoms with Crippen LogP contribution in [0.3, 0.4) is 0 Å². The molecule has 3 aromatic carbocycles. The molecule has 152 valence electrons. The smallest absolute Gasteiger partial charge is 0.260 e. The number of carbonyl (C=O) groups is 1. The Balaban J connectivity index is 1.61. The van der Waals surface area contributed by atoms with Crippen molar-refractivity contribution >= 4 is 43.6 Å². The van der Waals surface area contributed by atoms with Gasteiger partial charge in [0.1, 0.15) is 0 Å². The summed E-state index contributed by atoms with van der Waals surface area (Å²) in [6.07, 6.45) is 3.29. The molecular formula is C25H20N4OS. The lowest BCUT2D eigenvalue weighted by atomic mass is 10.1. The third kappa shape index (κ3) is 3.78. The Labute approximate surface area is 184 Å². The van der Waals surface area contributed by atoms with Crippen LogP contribution in [0.2, 0.25) is 0 Å². The van der Waals surface area contributed by atoms with Gasteiger partial charge in [0.15, 0.2) is 5.13 Å². The molecule has 5 rings (SSSR count). The Hall–Kier alpha value is -3.64. The molecule has 0 aliphatic heterocycles. The van der Waals surface area contributed by atoms with E-state index in [1.165, 1.54) is 5.56 Å². The molecular weight excluding hydrogens is 404 g/mol. The van der Waals surface area contributed by atoms with Gasteiger partial charge in [-0.1, -0.05) is 47.7 Å². The number of thiazole rings is 1. The summed E-state index contributed by atoms with van der Waals surface area (Å²) < 4.78 is 1.09. The van der Waals surface area contributed by atoms with Crippen LogP contribution >= 0.6 is 11.3 Å². The second-order valence-electron chi connectivity index (χ2n) is 7.56. The van der Waals surface area contributed by atoms with Crippen molar-refractivity contribution in [3.05, 3.63) is 95.3 Å². The highest BCUT2D eigenvalue weighted by atomic mass is 32.1. The fraction of sp³-hybridized carbons (Fsp3) is 0.120. The predicted molar refractivity (Wildman–Crippen MR) is 126 cm³/mol. The quantitative estimate of drug-likeness (QED) is 0.371. The predicted octanol–water partition coefficient (Wildman–Crippen LogP) is 5.70. The lowest BCUT2D eigenvalue weighted by Gasteiger charge is -2.20. The highest BCUT2D eigenvalue weighted by Gasteiger charge is 2.23. The van der Waals surface area contributed by atoms with E-state index >= 15 is 0 Å². The lowest BCUT2D eigenvalue weighted by Crippen LogP contribution is -2.30. The summed E-state index contributed by atoms with van der Waals surface area (Å²) in [6, 6.07) is 19.7. The topological polar surface area (TPSA) is 59.0 Å². The minimum atomic E-state index is -0.107. The van der Waals surface area contributed by atoms with Crippen LogP contribution in [-0.4, -0.2) is 20.9 Å². The average Bonchev–Trinajstić information content (AvgIpc) is 3.21. The number of amides is 1. The second-order valence-corrected chi connectivity index (χ2v) is 8.57. The van der Waals surface area contributed by atoms with Crippen LogP contribution in [-0.2, 0) is 6.54 Å². The van der Waals surface area contributed by atoms with E-state index in [0.717, 1.165) is 26.9 Å². The largest absolute Gasteiger partial charge is 0.279 e. The summed E-state index contributed by atoms with van der Waals surface area (Å²) >= 11 is 1.55. The fourth-order valence-corrected chi connectivity index (χ4v) is 4.86. The van der Waals surface area contributed by atoms with Crippen molar-refractivity contribution in [3.63, 3.8) is 0 Å². The third-order valence-electron chi connectivity index (χ3n) is 5.19. The van der Waals surface area contributed by atoms with E-state index in [1.807, 2.05) is 36.4 Å². The molecule has 0 unspecified atom stereocenters. The number of carbonyl (C=O) groups excluding carboxylic acids is 1. The summed E-state index contributed by atoms with van der Waals surface area (Å²) in [6.45, 7) is 4.58. The molecule has 2 heterocycles. The molecule has 0 bridgehead atoms. The van der Waals surface area contributed by atoms with Crippen molar-refractivity contribution in [2.75, 3.05) is 4.90 Å². The fourth-order valence-electron chi connectivity index (χ4n) is 3.72. The molecule has 31 heavy (non-hydrogen) atoms. The van der Waals surface area contributed by atoms with Crippen LogP contribution in [0.5, 0.6) is 0 Å². The first kappa shape index (κ1) is 19.3. The van der Waals surface area contributed by atoms with Crippen molar-refractivity contribution < 1.29 is 4.79 Å². The van der Waals surface area contributed by atoms with Crippen LogP contribution in [0.1, 0.15) is 27.0 Å². The molecule has 0 radical (unpaired) electrons. The first-order valence-electron chi connectivity index (χ1n) is 10.0. The lowest BCUT2D eigenvalue weighted by molar-refractivity contribution is 0.0985. The molecule has 0 N–H and O–H groups in total. The van der Waals surface area contributed by atoms with Gasteiger partial charge in [0.25, 0.3) is 5.91 Å². The Bertz CT molecular complexity index is 1410. The molecule has 0 aliphatic rings. The van der Waals surface area contributed by atoms with E-state index < -0.39 is 0 Å². The van der Waals surface area contributed by atoms with E-state index in [4.69, 9.17) is 4.98 Å². The maximum Gasteiger partial charge on any atom is 0.260 e. The molecule has 1 amide bonds. The molecule has 0 saturated heterocycles. The van der Waals surface area contributed by atoms with Gasteiger partial charge in [-0.15, -0.1) is 0 Å². The van der Waals surface area contributed by atoms with Gasteiger partial charge in [-0.3, -0.25) is 19.7 Å². The van der Waals surface area contributed by atoms with Crippen LogP contribution in [0.25, 0.3) is 21.3 Å². The molecule has 2 aromatic heterocycles. The zero-order valence-corrected chi connectivity index (χ0v) is 18.1. The van der Waals surface area contributed by atoms with Gasteiger partial charge in [-0.25, -0.2) is 4.98 Å². The normalized spacial score (nSPS) is 11.2. The first-order chi connectivity index (χ1) is 15.1.